The van der Waals surface area contributed by atoms with Gasteiger partial charge in [-0.2, -0.15) is 0 Å². The maximum absolute atomic E-state index is 10.2. The van der Waals surface area contributed by atoms with Crippen molar-refractivity contribution < 1.29 is 10.2 Å². The summed E-state index contributed by atoms with van der Waals surface area (Å²) in [5, 5.41) is 20.5. The highest BCUT2D eigenvalue weighted by Gasteiger charge is 2.62. The first-order chi connectivity index (χ1) is 6.53. The van der Waals surface area contributed by atoms with Crippen LogP contribution in [0.4, 0.5) is 0 Å². The summed E-state index contributed by atoms with van der Waals surface area (Å²) in [6, 6.07) is 0. The van der Waals surface area contributed by atoms with Crippen LogP contribution in [0.3, 0.4) is 0 Å². The molecule has 3 aliphatic carbocycles. The Morgan fingerprint density at radius 1 is 1.00 bits per heavy atom. The highest BCUT2D eigenvalue weighted by molar-refractivity contribution is 5.21. The molecular formula is C12H18O2. The fourth-order valence-corrected chi connectivity index (χ4v) is 3.95. The summed E-state index contributed by atoms with van der Waals surface area (Å²) in [4.78, 5) is 0. The minimum Gasteiger partial charge on any atom is -0.392 e. The SMILES string of the molecule is CC1(C)C(O)[C@H]2C3C=CC(C3)[C@H]2C1O. The Morgan fingerprint density at radius 2 is 1.43 bits per heavy atom. The molecule has 78 valence electrons. The zero-order valence-corrected chi connectivity index (χ0v) is 8.72. The standard InChI is InChI=1S/C12H18O2/c1-12(2)10(13)8-6-3-4-7(5-6)9(8)11(12)14/h3-4,6-11,13-14H,5H2,1-2H3/t6?,7?,8-,9+,10?,11?. The van der Waals surface area contributed by atoms with E-state index in [2.05, 4.69) is 12.2 Å². The zero-order valence-electron chi connectivity index (χ0n) is 8.72. The molecular weight excluding hydrogens is 176 g/mol. The van der Waals surface area contributed by atoms with Crippen LogP contribution in [0.15, 0.2) is 12.2 Å². The van der Waals surface area contributed by atoms with Gasteiger partial charge in [-0.15, -0.1) is 0 Å². The Hall–Kier alpha value is -0.340. The summed E-state index contributed by atoms with van der Waals surface area (Å²) in [6.45, 7) is 3.97. The average Bonchev–Trinajstić information content (AvgIpc) is 2.76. The van der Waals surface area contributed by atoms with Crippen LogP contribution >= 0.6 is 0 Å². The summed E-state index contributed by atoms with van der Waals surface area (Å²) in [5.74, 6) is 1.68. The Balaban J connectivity index is 2.02. The molecule has 0 aromatic carbocycles. The molecule has 0 aliphatic heterocycles. The number of hydrogen-bond acceptors (Lipinski definition) is 2. The predicted molar refractivity (Wildman–Crippen MR) is 53.5 cm³/mol. The molecule has 6 atom stereocenters. The lowest BCUT2D eigenvalue weighted by Crippen LogP contribution is -2.36. The van der Waals surface area contributed by atoms with Crippen molar-refractivity contribution in [3.8, 4) is 0 Å². The first-order valence-electron chi connectivity index (χ1n) is 5.58. The maximum Gasteiger partial charge on any atom is 0.0653 e. The lowest BCUT2D eigenvalue weighted by Gasteiger charge is -2.29. The smallest absolute Gasteiger partial charge is 0.0653 e. The minimum atomic E-state index is -0.331. The fourth-order valence-electron chi connectivity index (χ4n) is 3.95. The van der Waals surface area contributed by atoms with Crippen molar-refractivity contribution >= 4 is 0 Å². The highest BCUT2D eigenvalue weighted by Crippen LogP contribution is 2.60. The molecule has 3 aliphatic rings. The van der Waals surface area contributed by atoms with E-state index in [-0.39, 0.29) is 17.6 Å². The maximum atomic E-state index is 10.2. The number of hydrogen-bond donors (Lipinski definition) is 2. The third-order valence-corrected chi connectivity index (χ3v) is 4.84. The van der Waals surface area contributed by atoms with Gasteiger partial charge in [0.2, 0.25) is 0 Å². The largest absolute Gasteiger partial charge is 0.392 e. The molecule has 0 radical (unpaired) electrons. The molecule has 2 bridgehead atoms. The van der Waals surface area contributed by atoms with Gasteiger partial charge in [0.05, 0.1) is 12.2 Å². The molecule has 2 nitrogen and oxygen atoms in total. The molecule has 2 N–H and O–H groups in total. The van der Waals surface area contributed by atoms with E-state index in [0.29, 0.717) is 23.7 Å². The van der Waals surface area contributed by atoms with Gasteiger partial charge in [-0.05, 0) is 30.1 Å². The molecule has 0 aromatic heterocycles. The van der Waals surface area contributed by atoms with Crippen molar-refractivity contribution in [2.45, 2.75) is 32.5 Å². The van der Waals surface area contributed by atoms with Crippen LogP contribution in [0.5, 0.6) is 0 Å². The van der Waals surface area contributed by atoms with E-state index in [1.807, 2.05) is 13.8 Å². The fraction of sp³-hybridized carbons (Fsp3) is 0.833. The molecule has 0 amide bonds. The van der Waals surface area contributed by atoms with Crippen molar-refractivity contribution in [2.75, 3.05) is 0 Å². The third kappa shape index (κ3) is 0.801. The van der Waals surface area contributed by atoms with Crippen LogP contribution in [0.2, 0.25) is 0 Å². The lowest BCUT2D eigenvalue weighted by molar-refractivity contribution is -0.0195. The van der Waals surface area contributed by atoms with E-state index in [4.69, 9.17) is 0 Å². The van der Waals surface area contributed by atoms with Crippen molar-refractivity contribution in [1.29, 1.82) is 0 Å². The summed E-state index contributed by atoms with van der Waals surface area (Å²) in [5.41, 5.74) is -0.321. The zero-order chi connectivity index (χ0) is 10.1. The van der Waals surface area contributed by atoms with Gasteiger partial charge in [-0.3, -0.25) is 0 Å². The highest BCUT2D eigenvalue weighted by atomic mass is 16.3. The monoisotopic (exact) mass is 194 g/mol. The molecule has 2 fully saturated rings. The number of aliphatic hydroxyl groups is 2. The van der Waals surface area contributed by atoms with Gasteiger partial charge in [-0.25, -0.2) is 0 Å². The first-order valence-corrected chi connectivity index (χ1v) is 5.58. The Labute approximate surface area is 84.6 Å². The second-order valence-corrected chi connectivity index (χ2v) is 5.81. The summed E-state index contributed by atoms with van der Waals surface area (Å²) in [6.07, 6.45) is 4.97. The van der Waals surface area contributed by atoms with Crippen LogP contribution < -0.4 is 0 Å². The molecule has 0 spiro atoms. The molecule has 3 rings (SSSR count). The second-order valence-electron chi connectivity index (χ2n) is 5.81. The summed E-state index contributed by atoms with van der Waals surface area (Å²) in [7, 11) is 0. The van der Waals surface area contributed by atoms with Crippen LogP contribution in [0.25, 0.3) is 0 Å². The number of aliphatic hydroxyl groups excluding tert-OH is 2. The number of fused-ring (bicyclic) bond motifs is 5. The van der Waals surface area contributed by atoms with E-state index in [9.17, 15) is 10.2 Å². The summed E-state index contributed by atoms with van der Waals surface area (Å²) < 4.78 is 0. The van der Waals surface area contributed by atoms with Crippen molar-refractivity contribution in [3.05, 3.63) is 12.2 Å². The Kier molecular flexibility index (Phi) is 1.54. The normalized spacial score (nSPS) is 58.0. The average molecular weight is 194 g/mol. The van der Waals surface area contributed by atoms with Crippen molar-refractivity contribution in [3.63, 3.8) is 0 Å². The van der Waals surface area contributed by atoms with Gasteiger partial charge in [0.25, 0.3) is 0 Å². The molecule has 4 unspecified atom stereocenters. The number of rotatable bonds is 0. The van der Waals surface area contributed by atoms with E-state index < -0.39 is 0 Å². The van der Waals surface area contributed by atoms with E-state index >= 15 is 0 Å². The minimum absolute atomic E-state index is 0.315. The van der Waals surface area contributed by atoms with Crippen LogP contribution in [-0.4, -0.2) is 22.4 Å². The van der Waals surface area contributed by atoms with Gasteiger partial charge in [0, 0.05) is 5.41 Å². The molecule has 2 heteroatoms. The number of allylic oxidation sites excluding steroid dienone is 2. The van der Waals surface area contributed by atoms with Gasteiger partial charge in [0.15, 0.2) is 0 Å². The summed E-state index contributed by atoms with van der Waals surface area (Å²) >= 11 is 0. The first kappa shape index (κ1) is 8.93. The van der Waals surface area contributed by atoms with Crippen LogP contribution in [-0.2, 0) is 0 Å². The molecule has 14 heavy (non-hydrogen) atoms. The molecule has 2 saturated carbocycles. The van der Waals surface area contributed by atoms with E-state index in [1.165, 1.54) is 0 Å². The second kappa shape index (κ2) is 2.42. The van der Waals surface area contributed by atoms with E-state index in [0.717, 1.165) is 6.42 Å². The molecule has 0 heterocycles. The van der Waals surface area contributed by atoms with Gasteiger partial charge in [0.1, 0.15) is 0 Å². The molecule has 0 aromatic rings. The van der Waals surface area contributed by atoms with Crippen LogP contribution in [0, 0.1) is 29.1 Å². The van der Waals surface area contributed by atoms with Crippen molar-refractivity contribution in [2.24, 2.45) is 29.1 Å². The lowest BCUT2D eigenvalue weighted by atomic mass is 9.82. The van der Waals surface area contributed by atoms with Gasteiger partial charge >= 0.3 is 0 Å². The Bertz CT molecular complexity index is 269. The van der Waals surface area contributed by atoms with Crippen molar-refractivity contribution in [1.82, 2.24) is 0 Å². The molecule has 0 saturated heterocycles. The van der Waals surface area contributed by atoms with Gasteiger partial charge < -0.3 is 10.2 Å². The predicted octanol–water partition coefficient (Wildman–Crippen LogP) is 1.19. The Morgan fingerprint density at radius 3 is 1.86 bits per heavy atom. The topological polar surface area (TPSA) is 40.5 Å². The van der Waals surface area contributed by atoms with Crippen LogP contribution in [0.1, 0.15) is 20.3 Å². The van der Waals surface area contributed by atoms with Gasteiger partial charge in [-0.1, -0.05) is 26.0 Å². The van der Waals surface area contributed by atoms with E-state index in [1.54, 1.807) is 0 Å². The quantitative estimate of drug-likeness (QED) is 0.569. The third-order valence-electron chi connectivity index (χ3n) is 4.84.